The minimum atomic E-state index is -0.202. The fraction of sp³-hybridized carbons (Fsp3) is 0.0476. The van der Waals surface area contributed by atoms with Crippen molar-refractivity contribution in [1.82, 2.24) is 4.57 Å². The van der Waals surface area contributed by atoms with Gasteiger partial charge < -0.3 is 4.57 Å². The highest BCUT2D eigenvalue weighted by Crippen LogP contribution is 2.31. The molecule has 2 aromatic carbocycles. The van der Waals surface area contributed by atoms with Crippen molar-refractivity contribution < 1.29 is 4.79 Å². The third kappa shape index (κ3) is 3.29. The summed E-state index contributed by atoms with van der Waals surface area (Å²) in [5.74, 6) is -0.202. The van der Waals surface area contributed by atoms with Gasteiger partial charge in [-0.1, -0.05) is 41.4 Å². The minimum Gasteiger partial charge on any atom is -0.317 e. The molecule has 0 bridgehead atoms. The number of aromatic nitrogens is 1. The van der Waals surface area contributed by atoms with Gasteiger partial charge in [0.15, 0.2) is 0 Å². The Bertz CT molecular complexity index is 1080. The number of carbonyl (C=O) groups excluding carboxylic acids is 1. The molecule has 0 atom stereocenters. The molecular weight excluding hydrogens is 381 g/mol. The molecule has 1 aromatic heterocycles. The zero-order chi connectivity index (χ0) is 19.0. The molecule has 2 heterocycles. The molecule has 0 radical (unpaired) electrons. The van der Waals surface area contributed by atoms with Crippen molar-refractivity contribution in [3.05, 3.63) is 88.2 Å². The van der Waals surface area contributed by atoms with Crippen LogP contribution in [0.2, 0.25) is 10.0 Å². The zero-order valence-corrected chi connectivity index (χ0v) is 15.9. The summed E-state index contributed by atoms with van der Waals surface area (Å²) in [7, 11) is 0. The second-order valence-electron chi connectivity index (χ2n) is 6.10. The largest absolute Gasteiger partial charge is 0.317 e. The molecular formula is C21H15Cl2N3O. The van der Waals surface area contributed by atoms with Gasteiger partial charge in [0.05, 0.1) is 27.0 Å². The average molecular weight is 396 g/mol. The molecule has 1 amide bonds. The predicted molar refractivity (Wildman–Crippen MR) is 111 cm³/mol. The first-order valence-corrected chi connectivity index (χ1v) is 9.10. The topological polar surface area (TPSA) is 37.6 Å². The number of hydrogen-bond acceptors (Lipinski definition) is 2. The lowest BCUT2D eigenvalue weighted by Crippen LogP contribution is -2.21. The van der Waals surface area contributed by atoms with Gasteiger partial charge in [0.2, 0.25) is 0 Å². The first kappa shape index (κ1) is 17.6. The third-order valence-corrected chi connectivity index (χ3v) is 5.06. The lowest BCUT2D eigenvalue weighted by molar-refractivity contribution is -0.114. The van der Waals surface area contributed by atoms with Gasteiger partial charge >= 0.3 is 0 Å². The molecule has 1 aliphatic heterocycles. The molecule has 4 nitrogen and oxygen atoms in total. The van der Waals surface area contributed by atoms with Crippen molar-refractivity contribution >= 4 is 46.6 Å². The van der Waals surface area contributed by atoms with E-state index in [0.717, 1.165) is 11.4 Å². The van der Waals surface area contributed by atoms with Gasteiger partial charge in [0, 0.05) is 17.6 Å². The van der Waals surface area contributed by atoms with Crippen LogP contribution in [0.5, 0.6) is 0 Å². The quantitative estimate of drug-likeness (QED) is 0.532. The van der Waals surface area contributed by atoms with Crippen LogP contribution in [0.4, 0.5) is 5.69 Å². The van der Waals surface area contributed by atoms with Crippen LogP contribution in [0.25, 0.3) is 11.8 Å². The Morgan fingerprint density at radius 3 is 2.44 bits per heavy atom. The van der Waals surface area contributed by atoms with E-state index < -0.39 is 0 Å². The summed E-state index contributed by atoms with van der Waals surface area (Å²) in [5, 5.41) is 6.56. The fourth-order valence-electron chi connectivity index (χ4n) is 2.96. The molecule has 3 aromatic rings. The van der Waals surface area contributed by atoms with Crippen molar-refractivity contribution in [3.8, 4) is 5.69 Å². The van der Waals surface area contributed by atoms with Crippen molar-refractivity contribution in [2.75, 3.05) is 5.01 Å². The fourth-order valence-corrected chi connectivity index (χ4v) is 3.25. The molecule has 0 unspecified atom stereocenters. The summed E-state index contributed by atoms with van der Waals surface area (Å²) in [6.07, 6.45) is 3.82. The van der Waals surface area contributed by atoms with E-state index in [4.69, 9.17) is 23.2 Å². The van der Waals surface area contributed by atoms with E-state index >= 15 is 0 Å². The highest BCUT2D eigenvalue weighted by molar-refractivity contribution is 6.42. The molecule has 0 saturated heterocycles. The molecule has 1 aliphatic rings. The van der Waals surface area contributed by atoms with Crippen LogP contribution in [-0.2, 0) is 4.79 Å². The lowest BCUT2D eigenvalue weighted by atomic mass is 10.1. The lowest BCUT2D eigenvalue weighted by Gasteiger charge is -2.12. The van der Waals surface area contributed by atoms with E-state index in [-0.39, 0.29) is 5.91 Å². The number of carbonyl (C=O) groups is 1. The van der Waals surface area contributed by atoms with Crippen molar-refractivity contribution in [2.45, 2.75) is 6.92 Å². The Labute approximate surface area is 166 Å². The number of nitrogens with zero attached hydrogens (tertiary/aromatic N) is 3. The van der Waals surface area contributed by atoms with Gasteiger partial charge in [-0.05, 0) is 55.5 Å². The SMILES string of the molecule is CC1=NN(c2ccc(Cl)c(Cl)c2)C(=O)/C1=C\c1cccn1-c1ccccc1. The van der Waals surface area contributed by atoms with E-state index in [0.29, 0.717) is 27.0 Å². The number of anilines is 1. The van der Waals surface area contributed by atoms with Crippen molar-refractivity contribution in [2.24, 2.45) is 5.10 Å². The maximum absolute atomic E-state index is 12.9. The van der Waals surface area contributed by atoms with Crippen molar-refractivity contribution in [1.29, 1.82) is 0 Å². The van der Waals surface area contributed by atoms with E-state index in [1.54, 1.807) is 18.2 Å². The standard InChI is InChI=1S/C21H15Cl2N3O/c1-14-18(12-16-8-5-11-25(16)15-6-3-2-4-7-15)21(27)26(24-14)17-9-10-19(22)20(23)13-17/h2-13H,1H3/b18-12-. The van der Waals surface area contributed by atoms with Crippen LogP contribution in [0, 0.1) is 0 Å². The Hall–Kier alpha value is -2.82. The predicted octanol–water partition coefficient (Wildman–Crippen LogP) is 5.59. The summed E-state index contributed by atoms with van der Waals surface area (Å²) in [5.41, 5.74) is 3.69. The zero-order valence-electron chi connectivity index (χ0n) is 14.4. The van der Waals surface area contributed by atoms with Crippen LogP contribution in [0.1, 0.15) is 12.6 Å². The van der Waals surface area contributed by atoms with E-state index in [1.807, 2.05) is 66.2 Å². The molecule has 27 heavy (non-hydrogen) atoms. The molecule has 0 saturated carbocycles. The Kier molecular flexibility index (Phi) is 4.60. The Balaban J connectivity index is 1.70. The molecule has 6 heteroatoms. The number of rotatable bonds is 3. The van der Waals surface area contributed by atoms with Gasteiger partial charge in [0.25, 0.3) is 5.91 Å². The summed E-state index contributed by atoms with van der Waals surface area (Å²) < 4.78 is 2.02. The number of hydrazone groups is 1. The van der Waals surface area contributed by atoms with Crippen LogP contribution in [0.3, 0.4) is 0 Å². The van der Waals surface area contributed by atoms with Gasteiger partial charge in [-0.3, -0.25) is 4.79 Å². The Morgan fingerprint density at radius 2 is 1.70 bits per heavy atom. The monoisotopic (exact) mass is 395 g/mol. The number of para-hydroxylation sites is 1. The van der Waals surface area contributed by atoms with E-state index in [1.165, 1.54) is 5.01 Å². The molecule has 0 spiro atoms. The third-order valence-electron chi connectivity index (χ3n) is 4.32. The second-order valence-corrected chi connectivity index (χ2v) is 6.91. The first-order chi connectivity index (χ1) is 13.0. The van der Waals surface area contributed by atoms with Crippen LogP contribution in [-0.4, -0.2) is 16.2 Å². The van der Waals surface area contributed by atoms with Crippen LogP contribution in [0.15, 0.2) is 77.5 Å². The summed E-state index contributed by atoms with van der Waals surface area (Å²) in [6.45, 7) is 1.82. The normalized spacial score (nSPS) is 15.5. The van der Waals surface area contributed by atoms with E-state index in [9.17, 15) is 4.79 Å². The first-order valence-electron chi connectivity index (χ1n) is 8.34. The highest BCUT2D eigenvalue weighted by atomic mass is 35.5. The molecule has 0 fully saturated rings. The summed E-state index contributed by atoms with van der Waals surface area (Å²) in [4.78, 5) is 12.9. The van der Waals surface area contributed by atoms with Gasteiger partial charge in [0.1, 0.15) is 0 Å². The van der Waals surface area contributed by atoms with Gasteiger partial charge in [-0.2, -0.15) is 10.1 Å². The van der Waals surface area contributed by atoms with Gasteiger partial charge in [-0.25, -0.2) is 0 Å². The van der Waals surface area contributed by atoms with Crippen molar-refractivity contribution in [3.63, 3.8) is 0 Å². The van der Waals surface area contributed by atoms with Crippen LogP contribution >= 0.6 is 23.2 Å². The number of amides is 1. The summed E-state index contributed by atoms with van der Waals surface area (Å²) >= 11 is 12.0. The maximum atomic E-state index is 12.9. The molecule has 4 rings (SSSR count). The summed E-state index contributed by atoms with van der Waals surface area (Å²) in [6, 6.07) is 18.9. The van der Waals surface area contributed by atoms with E-state index in [2.05, 4.69) is 5.10 Å². The Morgan fingerprint density at radius 1 is 0.926 bits per heavy atom. The van der Waals surface area contributed by atoms with Gasteiger partial charge in [-0.15, -0.1) is 0 Å². The number of halogens is 2. The average Bonchev–Trinajstić information content (AvgIpc) is 3.25. The smallest absolute Gasteiger partial charge is 0.280 e. The molecule has 134 valence electrons. The second kappa shape index (κ2) is 7.06. The molecule has 0 N–H and O–H groups in total. The number of hydrogen-bond donors (Lipinski definition) is 0. The maximum Gasteiger partial charge on any atom is 0.280 e. The highest BCUT2D eigenvalue weighted by Gasteiger charge is 2.29. The minimum absolute atomic E-state index is 0.202. The van der Waals surface area contributed by atoms with Crippen LogP contribution < -0.4 is 5.01 Å². The molecule has 0 aliphatic carbocycles. The number of benzene rings is 2.